The fourth-order valence-corrected chi connectivity index (χ4v) is 2.74. The molecule has 1 atom stereocenters. The second-order valence-electron chi connectivity index (χ2n) is 5.61. The summed E-state index contributed by atoms with van der Waals surface area (Å²) < 4.78 is 0. The van der Waals surface area contributed by atoms with Gasteiger partial charge in [0.15, 0.2) is 0 Å². The van der Waals surface area contributed by atoms with Crippen molar-refractivity contribution in [3.8, 4) is 12.3 Å². The average Bonchev–Trinajstić information content (AvgIpc) is 2.53. The number of hydrogen-bond acceptors (Lipinski definition) is 2. The van der Waals surface area contributed by atoms with Gasteiger partial charge in [-0.2, -0.15) is 0 Å². The number of terminal acetylenes is 1. The third-order valence-electron chi connectivity index (χ3n) is 4.11. The molecule has 2 nitrogen and oxygen atoms in total. The van der Waals surface area contributed by atoms with Crippen molar-refractivity contribution in [3.63, 3.8) is 0 Å². The highest BCUT2D eigenvalue weighted by Crippen LogP contribution is 2.20. The van der Waals surface area contributed by atoms with Crippen molar-refractivity contribution in [1.82, 2.24) is 5.32 Å². The standard InChI is InChI=1S/C18H26N2/c1-3-8-17(4-2)19-15-16-9-11-18(12-10-16)20-13-6-5-7-14-20/h1,9-12,17,19H,4-8,13-15H2,2H3. The minimum atomic E-state index is 0.432. The van der Waals surface area contributed by atoms with Gasteiger partial charge in [-0.25, -0.2) is 0 Å². The van der Waals surface area contributed by atoms with Gasteiger partial charge in [-0.3, -0.25) is 0 Å². The van der Waals surface area contributed by atoms with Crippen LogP contribution in [0.2, 0.25) is 0 Å². The molecule has 2 heteroatoms. The SMILES string of the molecule is C#CCC(CC)NCc1ccc(N2CCCCC2)cc1. The van der Waals surface area contributed by atoms with Crippen molar-refractivity contribution in [1.29, 1.82) is 0 Å². The molecule has 20 heavy (non-hydrogen) atoms. The topological polar surface area (TPSA) is 15.3 Å². The monoisotopic (exact) mass is 270 g/mol. The first-order valence-corrected chi connectivity index (χ1v) is 7.84. The van der Waals surface area contributed by atoms with Crippen LogP contribution in [0.25, 0.3) is 0 Å². The number of rotatable bonds is 6. The van der Waals surface area contributed by atoms with Gasteiger partial charge in [0.25, 0.3) is 0 Å². The van der Waals surface area contributed by atoms with E-state index in [2.05, 4.69) is 47.3 Å². The highest BCUT2D eigenvalue weighted by atomic mass is 15.1. The molecule has 1 heterocycles. The van der Waals surface area contributed by atoms with E-state index >= 15 is 0 Å². The van der Waals surface area contributed by atoms with Crippen LogP contribution in [-0.2, 0) is 6.54 Å². The van der Waals surface area contributed by atoms with Crippen LogP contribution in [0.4, 0.5) is 5.69 Å². The summed E-state index contributed by atoms with van der Waals surface area (Å²) in [6, 6.07) is 9.41. The molecule has 1 aromatic rings. The molecule has 0 radical (unpaired) electrons. The average molecular weight is 270 g/mol. The Morgan fingerprint density at radius 2 is 1.90 bits per heavy atom. The Morgan fingerprint density at radius 3 is 2.50 bits per heavy atom. The third-order valence-corrected chi connectivity index (χ3v) is 4.11. The first-order valence-electron chi connectivity index (χ1n) is 7.84. The van der Waals surface area contributed by atoms with Crippen molar-refractivity contribution in [2.24, 2.45) is 0 Å². The van der Waals surface area contributed by atoms with Gasteiger partial charge in [-0.05, 0) is 43.4 Å². The van der Waals surface area contributed by atoms with E-state index in [0.717, 1.165) is 19.4 Å². The lowest BCUT2D eigenvalue weighted by molar-refractivity contribution is 0.507. The zero-order chi connectivity index (χ0) is 14.2. The minimum Gasteiger partial charge on any atom is -0.372 e. The van der Waals surface area contributed by atoms with Gasteiger partial charge in [-0.1, -0.05) is 19.1 Å². The highest BCUT2D eigenvalue weighted by molar-refractivity contribution is 5.47. The van der Waals surface area contributed by atoms with Gasteiger partial charge in [0.05, 0.1) is 0 Å². The Balaban J connectivity index is 1.86. The van der Waals surface area contributed by atoms with E-state index in [0.29, 0.717) is 6.04 Å². The van der Waals surface area contributed by atoms with Crippen LogP contribution in [0, 0.1) is 12.3 Å². The van der Waals surface area contributed by atoms with Crippen molar-refractivity contribution in [3.05, 3.63) is 29.8 Å². The minimum absolute atomic E-state index is 0.432. The van der Waals surface area contributed by atoms with E-state index in [1.807, 2.05) is 0 Å². The lowest BCUT2D eigenvalue weighted by Crippen LogP contribution is -2.29. The molecule has 1 aromatic carbocycles. The molecule has 0 saturated carbocycles. The first-order chi connectivity index (χ1) is 9.83. The largest absolute Gasteiger partial charge is 0.372 e. The van der Waals surface area contributed by atoms with Gasteiger partial charge in [-0.15, -0.1) is 12.3 Å². The van der Waals surface area contributed by atoms with Gasteiger partial charge in [0, 0.05) is 37.8 Å². The van der Waals surface area contributed by atoms with Gasteiger partial charge in [0.2, 0.25) is 0 Å². The summed E-state index contributed by atoms with van der Waals surface area (Å²) in [5.41, 5.74) is 2.70. The van der Waals surface area contributed by atoms with Crippen LogP contribution in [0.3, 0.4) is 0 Å². The molecular formula is C18H26N2. The predicted molar refractivity (Wildman–Crippen MR) is 86.9 cm³/mol. The van der Waals surface area contributed by atoms with Gasteiger partial charge in [0.1, 0.15) is 0 Å². The van der Waals surface area contributed by atoms with E-state index in [4.69, 9.17) is 6.42 Å². The maximum atomic E-state index is 5.38. The molecule has 1 unspecified atom stereocenters. The summed E-state index contributed by atoms with van der Waals surface area (Å²) in [6.45, 7) is 5.49. The van der Waals surface area contributed by atoms with Crippen LogP contribution in [0.5, 0.6) is 0 Å². The van der Waals surface area contributed by atoms with E-state index in [1.165, 1.54) is 43.6 Å². The fraction of sp³-hybridized carbons (Fsp3) is 0.556. The summed E-state index contributed by atoms with van der Waals surface area (Å²) in [7, 11) is 0. The summed E-state index contributed by atoms with van der Waals surface area (Å²) in [4.78, 5) is 2.49. The van der Waals surface area contributed by atoms with E-state index in [-0.39, 0.29) is 0 Å². The molecule has 108 valence electrons. The van der Waals surface area contributed by atoms with Crippen molar-refractivity contribution in [2.75, 3.05) is 18.0 Å². The van der Waals surface area contributed by atoms with Crippen molar-refractivity contribution in [2.45, 2.75) is 51.6 Å². The van der Waals surface area contributed by atoms with Crippen LogP contribution in [-0.4, -0.2) is 19.1 Å². The normalized spacial score (nSPS) is 16.7. The zero-order valence-corrected chi connectivity index (χ0v) is 12.6. The van der Waals surface area contributed by atoms with Crippen LogP contribution in [0.15, 0.2) is 24.3 Å². The lowest BCUT2D eigenvalue weighted by atomic mass is 10.1. The maximum absolute atomic E-state index is 5.38. The number of anilines is 1. The molecule has 0 bridgehead atoms. The summed E-state index contributed by atoms with van der Waals surface area (Å²) in [5.74, 6) is 2.74. The van der Waals surface area contributed by atoms with E-state index in [1.54, 1.807) is 0 Å². The van der Waals surface area contributed by atoms with Crippen molar-refractivity contribution >= 4 is 5.69 Å². The smallest absolute Gasteiger partial charge is 0.0366 e. The summed E-state index contributed by atoms with van der Waals surface area (Å²) in [5, 5.41) is 3.53. The van der Waals surface area contributed by atoms with E-state index in [9.17, 15) is 0 Å². The molecule has 0 spiro atoms. The fourth-order valence-electron chi connectivity index (χ4n) is 2.74. The molecule has 1 fully saturated rings. The Kier molecular flexibility index (Phi) is 5.95. The predicted octanol–water partition coefficient (Wildman–Crippen LogP) is 3.57. The van der Waals surface area contributed by atoms with Gasteiger partial charge >= 0.3 is 0 Å². The van der Waals surface area contributed by atoms with Crippen molar-refractivity contribution < 1.29 is 0 Å². The number of nitrogens with zero attached hydrogens (tertiary/aromatic N) is 1. The zero-order valence-electron chi connectivity index (χ0n) is 12.6. The Hall–Kier alpha value is -1.46. The molecule has 1 N–H and O–H groups in total. The Labute approximate surface area is 123 Å². The lowest BCUT2D eigenvalue weighted by Gasteiger charge is -2.29. The van der Waals surface area contributed by atoms with Crippen LogP contribution in [0.1, 0.15) is 44.6 Å². The number of hydrogen-bond donors (Lipinski definition) is 1. The maximum Gasteiger partial charge on any atom is 0.0366 e. The number of nitrogens with one attached hydrogen (secondary N) is 1. The first kappa shape index (κ1) is 14.9. The van der Waals surface area contributed by atoms with E-state index < -0.39 is 0 Å². The molecular weight excluding hydrogens is 244 g/mol. The quantitative estimate of drug-likeness (QED) is 0.795. The summed E-state index contributed by atoms with van der Waals surface area (Å²) >= 11 is 0. The number of piperidine rings is 1. The van der Waals surface area contributed by atoms with Crippen LogP contribution >= 0.6 is 0 Å². The second kappa shape index (κ2) is 7.97. The Bertz CT molecular complexity index is 424. The summed E-state index contributed by atoms with van der Waals surface area (Å²) in [6.07, 6.45) is 11.3. The van der Waals surface area contributed by atoms with Gasteiger partial charge < -0.3 is 10.2 Å². The van der Waals surface area contributed by atoms with Crippen LogP contribution < -0.4 is 10.2 Å². The molecule has 2 rings (SSSR count). The molecule has 1 aliphatic rings. The number of benzene rings is 1. The molecule has 0 aliphatic carbocycles. The second-order valence-corrected chi connectivity index (χ2v) is 5.61. The molecule has 1 saturated heterocycles. The Morgan fingerprint density at radius 1 is 1.20 bits per heavy atom. The third kappa shape index (κ3) is 4.28. The highest BCUT2D eigenvalue weighted by Gasteiger charge is 2.10. The molecule has 1 aliphatic heterocycles. The molecule has 0 aromatic heterocycles. The molecule has 0 amide bonds.